The van der Waals surface area contributed by atoms with Crippen LogP contribution in [0.4, 0.5) is 0 Å². The molecular weight excluding hydrogens is 460 g/mol. The fourth-order valence-corrected chi connectivity index (χ4v) is 8.89. The molecule has 0 spiro atoms. The highest BCUT2D eigenvalue weighted by molar-refractivity contribution is 5.96. The van der Waals surface area contributed by atoms with Gasteiger partial charge in [0.2, 0.25) is 0 Å². The van der Waals surface area contributed by atoms with E-state index in [0.717, 1.165) is 44.2 Å². The van der Waals surface area contributed by atoms with Gasteiger partial charge in [-0.05, 0) is 93.0 Å². The number of carboxylic acid groups (broad SMARTS) is 1. The maximum atomic E-state index is 12.5. The van der Waals surface area contributed by atoms with E-state index in [-0.39, 0.29) is 36.3 Å². The van der Waals surface area contributed by atoms with E-state index in [2.05, 4.69) is 25.1 Å². The van der Waals surface area contributed by atoms with Gasteiger partial charge in [0.25, 0.3) is 5.91 Å². The van der Waals surface area contributed by atoms with Gasteiger partial charge in [-0.3, -0.25) is 9.59 Å². The summed E-state index contributed by atoms with van der Waals surface area (Å²) in [6, 6.07) is -1.01. The Hall–Kier alpha value is -2.22. The lowest BCUT2D eigenvalue weighted by atomic mass is 9.46. The number of hydrogen-bond donors (Lipinski definition) is 2. The van der Waals surface area contributed by atoms with Crippen molar-refractivity contribution in [2.45, 2.75) is 90.7 Å². The van der Waals surface area contributed by atoms with E-state index in [9.17, 15) is 24.6 Å². The Balaban J connectivity index is 1.24. The van der Waals surface area contributed by atoms with E-state index in [1.807, 2.05) is 0 Å². The van der Waals surface area contributed by atoms with Gasteiger partial charge < -0.3 is 20.0 Å². The summed E-state index contributed by atoms with van der Waals surface area (Å²) in [7, 11) is 0. The van der Waals surface area contributed by atoms with Crippen LogP contribution >= 0.6 is 0 Å². The summed E-state index contributed by atoms with van der Waals surface area (Å²) in [6.45, 7) is 6.26. The van der Waals surface area contributed by atoms with Crippen molar-refractivity contribution in [3.05, 3.63) is 11.6 Å². The number of likely N-dealkylation sites (tertiary alicyclic amines) is 1. The Bertz CT molecular complexity index is 1010. The number of carbonyl (C=O) groups excluding carboxylic acids is 2. The normalized spacial score (nSPS) is 42.8. The van der Waals surface area contributed by atoms with E-state index in [1.54, 1.807) is 6.92 Å². The summed E-state index contributed by atoms with van der Waals surface area (Å²) < 4.78 is 0. The lowest BCUT2D eigenvalue weighted by molar-refractivity contribution is -0.150. The smallest absolute Gasteiger partial charge is 0.326 e. The van der Waals surface area contributed by atoms with E-state index in [0.29, 0.717) is 23.5 Å². The number of carbonyl (C=O) groups is 3. The lowest BCUT2D eigenvalue weighted by Crippen LogP contribution is -2.51. The highest BCUT2D eigenvalue weighted by Gasteiger charge is 2.59. The quantitative estimate of drug-likeness (QED) is 0.558. The van der Waals surface area contributed by atoms with Gasteiger partial charge in [-0.1, -0.05) is 24.6 Å². The van der Waals surface area contributed by atoms with E-state index in [4.69, 9.17) is 4.84 Å². The molecule has 5 rings (SSSR count). The average molecular weight is 501 g/mol. The number of allylic oxidation sites excluding steroid dienone is 2. The standard InChI is InChI=1S/C28H40N2O6/c1-16(31)21-6-7-22-20-5-4-17-12-18(8-10-27(17,2)23(20)9-11-28(21,22)3)29-36-15-25(33)30-14-19(32)13-24(30)26(34)35/h12,19-24,32H,4-11,13-15H2,1-3H3,(H,34,35)/t19?,20?,21?,22?,23?,24?,27-,28+/m0/s1. The second-order valence-corrected chi connectivity index (χ2v) is 12.4. The summed E-state index contributed by atoms with van der Waals surface area (Å²) in [6.07, 6.45) is 9.94. The number of aliphatic hydroxyl groups excluding tert-OH is 1. The summed E-state index contributed by atoms with van der Waals surface area (Å²) in [5.74, 6) is 0.982. The Kier molecular flexibility index (Phi) is 6.54. The Labute approximate surface area is 213 Å². The monoisotopic (exact) mass is 500 g/mol. The molecule has 2 N–H and O–H groups in total. The van der Waals surface area contributed by atoms with Gasteiger partial charge in [-0.2, -0.15) is 0 Å². The molecule has 8 heteroatoms. The van der Waals surface area contributed by atoms with Crippen molar-refractivity contribution in [3.63, 3.8) is 0 Å². The van der Waals surface area contributed by atoms with Crippen LogP contribution < -0.4 is 0 Å². The third-order valence-corrected chi connectivity index (χ3v) is 10.7. The molecule has 8 nitrogen and oxygen atoms in total. The molecule has 0 radical (unpaired) electrons. The number of aliphatic hydroxyl groups is 1. The minimum absolute atomic E-state index is 0.00783. The van der Waals surface area contributed by atoms with Crippen molar-refractivity contribution in [2.75, 3.05) is 13.2 Å². The van der Waals surface area contributed by atoms with Crippen LogP contribution in [0.2, 0.25) is 0 Å². The number of fused-ring (bicyclic) bond motifs is 5. The van der Waals surface area contributed by atoms with Crippen molar-refractivity contribution in [3.8, 4) is 0 Å². The summed E-state index contributed by atoms with van der Waals surface area (Å²) in [4.78, 5) is 42.8. The zero-order valence-electron chi connectivity index (χ0n) is 21.7. The van der Waals surface area contributed by atoms with Gasteiger partial charge in [-0.15, -0.1) is 0 Å². The van der Waals surface area contributed by atoms with Gasteiger partial charge in [0.15, 0.2) is 6.61 Å². The molecule has 4 fully saturated rings. The first-order valence-electron chi connectivity index (χ1n) is 13.6. The molecule has 1 aliphatic heterocycles. The minimum atomic E-state index is -1.12. The molecule has 1 saturated heterocycles. The van der Waals surface area contributed by atoms with E-state index >= 15 is 0 Å². The maximum absolute atomic E-state index is 12.5. The first-order chi connectivity index (χ1) is 17.0. The molecule has 0 aromatic rings. The summed E-state index contributed by atoms with van der Waals surface area (Å²) in [5.41, 5.74) is 2.58. The van der Waals surface area contributed by atoms with Crippen LogP contribution in [-0.4, -0.2) is 63.8 Å². The summed E-state index contributed by atoms with van der Waals surface area (Å²) >= 11 is 0. The molecule has 198 valence electrons. The maximum Gasteiger partial charge on any atom is 0.326 e. The molecule has 36 heavy (non-hydrogen) atoms. The molecule has 1 heterocycles. The van der Waals surface area contributed by atoms with E-state index in [1.165, 1.54) is 23.3 Å². The fourth-order valence-electron chi connectivity index (χ4n) is 8.89. The summed E-state index contributed by atoms with van der Waals surface area (Å²) in [5, 5.41) is 23.3. The van der Waals surface area contributed by atoms with Crippen LogP contribution in [0, 0.1) is 34.5 Å². The number of rotatable bonds is 5. The SMILES string of the molecule is CC(=O)C1CCC2C3CCC4=CC(=NOCC(=O)N5CC(O)CC5C(=O)O)CC[C@]4(C)C3CC[C@]12C. The predicted molar refractivity (Wildman–Crippen MR) is 133 cm³/mol. The van der Waals surface area contributed by atoms with Crippen molar-refractivity contribution in [2.24, 2.45) is 39.7 Å². The number of aliphatic carboxylic acids is 1. The molecule has 5 aliphatic rings. The van der Waals surface area contributed by atoms with Crippen LogP contribution in [0.15, 0.2) is 16.8 Å². The predicted octanol–water partition coefficient (Wildman–Crippen LogP) is 3.57. The third kappa shape index (κ3) is 4.09. The number of β-amino-alcohol motifs (C(OH)–C–C–N with tert-alkyl or cyclic N) is 1. The fraction of sp³-hybridized carbons (Fsp3) is 0.786. The van der Waals surface area contributed by atoms with Crippen LogP contribution in [0.25, 0.3) is 0 Å². The van der Waals surface area contributed by atoms with E-state index < -0.39 is 24.0 Å². The minimum Gasteiger partial charge on any atom is -0.480 e. The van der Waals surface area contributed by atoms with Crippen LogP contribution in [0.1, 0.15) is 78.6 Å². The molecule has 0 aromatic carbocycles. The van der Waals surface area contributed by atoms with Gasteiger partial charge in [0, 0.05) is 18.9 Å². The number of Topliss-reactive ketones (excluding diaryl/α,β-unsaturated/α-hetero) is 1. The van der Waals surface area contributed by atoms with Crippen molar-refractivity contribution >= 4 is 23.4 Å². The van der Waals surface area contributed by atoms with Gasteiger partial charge >= 0.3 is 5.97 Å². The topological polar surface area (TPSA) is 117 Å². The van der Waals surface area contributed by atoms with Crippen LogP contribution in [0.3, 0.4) is 0 Å². The number of amides is 1. The largest absolute Gasteiger partial charge is 0.480 e. The Morgan fingerprint density at radius 3 is 2.61 bits per heavy atom. The molecule has 3 saturated carbocycles. The number of hydrogen-bond acceptors (Lipinski definition) is 6. The Morgan fingerprint density at radius 2 is 1.89 bits per heavy atom. The highest BCUT2D eigenvalue weighted by Crippen LogP contribution is 2.66. The first-order valence-corrected chi connectivity index (χ1v) is 13.6. The van der Waals surface area contributed by atoms with Crippen molar-refractivity contribution in [1.29, 1.82) is 0 Å². The van der Waals surface area contributed by atoms with Crippen LogP contribution in [-0.2, 0) is 19.2 Å². The van der Waals surface area contributed by atoms with Gasteiger partial charge in [-0.25, -0.2) is 4.79 Å². The van der Waals surface area contributed by atoms with Crippen LogP contribution in [0.5, 0.6) is 0 Å². The average Bonchev–Trinajstić information content (AvgIpc) is 3.39. The first kappa shape index (κ1) is 25.4. The lowest BCUT2D eigenvalue weighted by Gasteiger charge is -2.58. The number of carboxylic acids is 1. The molecule has 0 aromatic heterocycles. The number of ketones is 1. The van der Waals surface area contributed by atoms with Gasteiger partial charge in [0.05, 0.1) is 11.8 Å². The molecular formula is C28H40N2O6. The molecule has 6 unspecified atom stereocenters. The second-order valence-electron chi connectivity index (χ2n) is 12.4. The number of oxime groups is 1. The zero-order chi connectivity index (χ0) is 25.8. The number of nitrogens with zero attached hydrogens (tertiary/aromatic N) is 2. The third-order valence-electron chi connectivity index (χ3n) is 10.7. The second kappa shape index (κ2) is 9.26. The molecule has 0 bridgehead atoms. The Morgan fingerprint density at radius 1 is 1.11 bits per heavy atom. The molecule has 8 atom stereocenters. The van der Waals surface area contributed by atoms with Crippen molar-refractivity contribution < 1.29 is 29.4 Å². The highest BCUT2D eigenvalue weighted by atomic mass is 16.6. The zero-order valence-corrected chi connectivity index (χ0v) is 21.7. The van der Waals surface area contributed by atoms with Crippen molar-refractivity contribution in [1.82, 2.24) is 4.90 Å². The molecule has 1 amide bonds. The molecule has 4 aliphatic carbocycles. The van der Waals surface area contributed by atoms with Gasteiger partial charge in [0.1, 0.15) is 11.8 Å².